The molecule has 1 N–H and O–H groups in total. The number of nitrogens with zero attached hydrogens (tertiary/aromatic N) is 1. The molecule has 1 unspecified atom stereocenters. The third-order valence-electron chi connectivity index (χ3n) is 2.76. The summed E-state index contributed by atoms with van der Waals surface area (Å²) in [5.41, 5.74) is 0.873. The first kappa shape index (κ1) is 13.7. The van der Waals surface area contributed by atoms with Gasteiger partial charge in [-0.05, 0) is 35.9 Å². The highest BCUT2D eigenvalue weighted by atomic mass is 79.9. The number of halogens is 2. The average Bonchev–Trinajstić information content (AvgIpc) is 2.40. The summed E-state index contributed by atoms with van der Waals surface area (Å²) in [6, 6.07) is 9.68. The molecule has 1 aromatic heterocycles. The van der Waals surface area contributed by atoms with E-state index in [-0.39, 0.29) is 6.42 Å². The molecule has 0 bridgehead atoms. The van der Waals surface area contributed by atoms with E-state index >= 15 is 0 Å². The fourth-order valence-electron chi connectivity index (χ4n) is 1.91. The Morgan fingerprint density at radius 3 is 2.79 bits per heavy atom. The van der Waals surface area contributed by atoms with Crippen LogP contribution in [0.15, 0.2) is 47.1 Å². The first-order valence-corrected chi connectivity index (χ1v) is 6.45. The Kier molecular flexibility index (Phi) is 4.27. The highest BCUT2D eigenvalue weighted by molar-refractivity contribution is 9.10. The van der Waals surface area contributed by atoms with Crippen LogP contribution in [0.2, 0.25) is 0 Å². The normalized spacial score (nSPS) is 12.1. The Morgan fingerprint density at radius 1 is 1.37 bits per heavy atom. The van der Waals surface area contributed by atoms with Gasteiger partial charge in [-0.25, -0.2) is 4.39 Å². The summed E-state index contributed by atoms with van der Waals surface area (Å²) >= 11 is 3.27. The van der Waals surface area contributed by atoms with Crippen molar-refractivity contribution in [3.05, 3.63) is 64.1 Å². The summed E-state index contributed by atoms with van der Waals surface area (Å²) in [6.45, 7) is 0. The lowest BCUT2D eigenvalue weighted by Gasteiger charge is -2.16. The van der Waals surface area contributed by atoms with Crippen molar-refractivity contribution in [2.75, 3.05) is 0 Å². The maximum Gasteiger partial charge on any atom is 0.304 e. The predicted molar refractivity (Wildman–Crippen MR) is 72.4 cm³/mol. The minimum Gasteiger partial charge on any atom is -0.481 e. The molecule has 0 amide bonds. The van der Waals surface area contributed by atoms with Gasteiger partial charge in [-0.2, -0.15) is 0 Å². The van der Waals surface area contributed by atoms with Crippen LogP contribution in [0.4, 0.5) is 4.39 Å². The first-order valence-electron chi connectivity index (χ1n) is 5.65. The van der Waals surface area contributed by atoms with E-state index in [9.17, 15) is 9.18 Å². The zero-order valence-electron chi connectivity index (χ0n) is 9.88. The number of aromatic nitrogens is 1. The number of hydrogen-bond donors (Lipinski definition) is 1. The van der Waals surface area contributed by atoms with Gasteiger partial charge in [0, 0.05) is 22.3 Å². The molecule has 2 rings (SSSR count). The van der Waals surface area contributed by atoms with E-state index in [1.54, 1.807) is 36.5 Å². The van der Waals surface area contributed by atoms with Crippen molar-refractivity contribution in [3.8, 4) is 0 Å². The highest BCUT2D eigenvalue weighted by Crippen LogP contribution is 2.30. The maximum absolute atomic E-state index is 13.9. The summed E-state index contributed by atoms with van der Waals surface area (Å²) in [4.78, 5) is 15.1. The van der Waals surface area contributed by atoms with E-state index < -0.39 is 17.7 Å². The summed E-state index contributed by atoms with van der Waals surface area (Å²) in [5.74, 6) is -2.02. The Morgan fingerprint density at radius 2 is 2.16 bits per heavy atom. The van der Waals surface area contributed by atoms with Crippen molar-refractivity contribution in [2.24, 2.45) is 0 Å². The minimum absolute atomic E-state index is 0.204. The Labute approximate surface area is 118 Å². The van der Waals surface area contributed by atoms with Crippen LogP contribution in [-0.4, -0.2) is 16.1 Å². The molecular formula is C14H11BrFNO2. The Bertz CT molecular complexity index is 589. The van der Waals surface area contributed by atoms with Gasteiger partial charge in [0.2, 0.25) is 0 Å². The second-order valence-corrected chi connectivity index (χ2v) is 4.99. The predicted octanol–water partition coefficient (Wildman–Crippen LogP) is 3.59. The third-order valence-corrected chi connectivity index (χ3v) is 3.25. The molecule has 3 nitrogen and oxygen atoms in total. The van der Waals surface area contributed by atoms with E-state index in [4.69, 9.17) is 5.11 Å². The number of rotatable bonds is 4. The molecule has 98 valence electrons. The molecule has 1 atom stereocenters. The van der Waals surface area contributed by atoms with Gasteiger partial charge in [0.05, 0.1) is 6.42 Å². The quantitative estimate of drug-likeness (QED) is 0.935. The Hall–Kier alpha value is -1.75. The number of benzene rings is 1. The van der Waals surface area contributed by atoms with Gasteiger partial charge in [0.25, 0.3) is 0 Å². The fourth-order valence-corrected chi connectivity index (χ4v) is 2.29. The number of pyridine rings is 1. The number of carboxylic acids is 1. The molecule has 0 aliphatic carbocycles. The second-order valence-electron chi connectivity index (χ2n) is 4.07. The summed E-state index contributed by atoms with van der Waals surface area (Å²) in [5, 5.41) is 9.00. The molecule has 2 aromatic rings. The number of carbonyl (C=O) groups is 1. The molecule has 0 aliphatic rings. The third kappa shape index (κ3) is 3.38. The summed E-state index contributed by atoms with van der Waals surface area (Å²) in [7, 11) is 0. The lowest BCUT2D eigenvalue weighted by Crippen LogP contribution is -2.11. The molecule has 0 fully saturated rings. The second kappa shape index (κ2) is 5.93. The van der Waals surface area contributed by atoms with Crippen LogP contribution in [0, 0.1) is 5.82 Å². The molecule has 1 heterocycles. The fraction of sp³-hybridized carbons (Fsp3) is 0.143. The number of hydrogen-bond acceptors (Lipinski definition) is 2. The van der Waals surface area contributed by atoms with Gasteiger partial charge in [-0.3, -0.25) is 9.78 Å². The zero-order valence-corrected chi connectivity index (χ0v) is 11.5. The van der Waals surface area contributed by atoms with Crippen molar-refractivity contribution in [1.29, 1.82) is 0 Å². The first-order chi connectivity index (χ1) is 9.08. The van der Waals surface area contributed by atoms with Crippen molar-refractivity contribution in [1.82, 2.24) is 4.98 Å². The molecule has 1 aromatic carbocycles. The topological polar surface area (TPSA) is 50.2 Å². The van der Waals surface area contributed by atoms with E-state index in [0.29, 0.717) is 15.7 Å². The van der Waals surface area contributed by atoms with Crippen molar-refractivity contribution < 1.29 is 14.3 Å². The van der Waals surface area contributed by atoms with Crippen LogP contribution in [0.3, 0.4) is 0 Å². The van der Waals surface area contributed by atoms with Crippen molar-refractivity contribution in [3.63, 3.8) is 0 Å². The number of aliphatic carboxylic acids is 1. The van der Waals surface area contributed by atoms with Gasteiger partial charge < -0.3 is 5.11 Å². The van der Waals surface area contributed by atoms with E-state index in [1.165, 1.54) is 6.07 Å². The van der Waals surface area contributed by atoms with E-state index in [1.807, 2.05) is 0 Å². The van der Waals surface area contributed by atoms with Crippen LogP contribution in [-0.2, 0) is 4.79 Å². The van der Waals surface area contributed by atoms with Crippen LogP contribution in [0.25, 0.3) is 0 Å². The molecule has 5 heteroatoms. The van der Waals surface area contributed by atoms with Crippen LogP contribution in [0.5, 0.6) is 0 Å². The summed E-state index contributed by atoms with van der Waals surface area (Å²) in [6.07, 6.45) is 1.37. The van der Waals surface area contributed by atoms with Gasteiger partial charge in [0.1, 0.15) is 5.82 Å². The van der Waals surface area contributed by atoms with Gasteiger partial charge in [-0.15, -0.1) is 0 Å². The smallest absolute Gasteiger partial charge is 0.304 e. The minimum atomic E-state index is -0.991. The molecule has 0 saturated carbocycles. The van der Waals surface area contributed by atoms with Gasteiger partial charge in [0.15, 0.2) is 0 Å². The van der Waals surface area contributed by atoms with Crippen LogP contribution >= 0.6 is 15.9 Å². The number of carboxylic acid groups (broad SMARTS) is 1. The molecule has 0 saturated heterocycles. The van der Waals surface area contributed by atoms with E-state index in [0.717, 1.165) is 0 Å². The van der Waals surface area contributed by atoms with E-state index in [2.05, 4.69) is 20.9 Å². The van der Waals surface area contributed by atoms with Gasteiger partial charge >= 0.3 is 5.97 Å². The van der Waals surface area contributed by atoms with Crippen LogP contribution < -0.4 is 0 Å². The highest BCUT2D eigenvalue weighted by Gasteiger charge is 2.22. The zero-order chi connectivity index (χ0) is 13.8. The monoisotopic (exact) mass is 323 g/mol. The average molecular weight is 324 g/mol. The lowest BCUT2D eigenvalue weighted by molar-refractivity contribution is -0.137. The maximum atomic E-state index is 13.9. The largest absolute Gasteiger partial charge is 0.481 e. The molecule has 0 radical (unpaired) electrons. The van der Waals surface area contributed by atoms with Crippen molar-refractivity contribution in [2.45, 2.75) is 12.3 Å². The molecule has 0 aliphatic heterocycles. The molecule has 0 spiro atoms. The summed E-state index contributed by atoms with van der Waals surface area (Å²) < 4.78 is 14.6. The lowest BCUT2D eigenvalue weighted by atomic mass is 9.91. The molecular weight excluding hydrogens is 313 g/mol. The van der Waals surface area contributed by atoms with Crippen molar-refractivity contribution >= 4 is 21.9 Å². The Balaban J connectivity index is 2.48. The SMILES string of the molecule is O=C(O)CC(c1ccccn1)c1cc(Br)ccc1F. The van der Waals surface area contributed by atoms with Crippen LogP contribution in [0.1, 0.15) is 23.6 Å². The molecule has 19 heavy (non-hydrogen) atoms. The standard InChI is InChI=1S/C14H11BrFNO2/c15-9-4-5-12(16)10(7-9)11(8-14(18)19)13-3-1-2-6-17-13/h1-7,11H,8H2,(H,18,19). The van der Waals surface area contributed by atoms with Gasteiger partial charge in [-0.1, -0.05) is 22.0 Å².